The predicted molar refractivity (Wildman–Crippen MR) is 131 cm³/mol. The van der Waals surface area contributed by atoms with Gasteiger partial charge in [-0.3, -0.25) is 14.9 Å². The SMILES string of the molecule is CCOc1ccccc1N1C(=O)NC(=O)/C(=C\c2c(O[C@H](C)CC)ccc3ccccc23)C1=O. The number of carbonyl (C=O) groups is 3. The van der Waals surface area contributed by atoms with E-state index in [1.165, 1.54) is 6.08 Å². The van der Waals surface area contributed by atoms with Gasteiger partial charge in [-0.1, -0.05) is 49.4 Å². The van der Waals surface area contributed by atoms with E-state index in [-0.39, 0.29) is 17.4 Å². The molecule has 1 N–H and O–H groups in total. The summed E-state index contributed by atoms with van der Waals surface area (Å²) in [5, 5.41) is 4.04. The lowest BCUT2D eigenvalue weighted by atomic mass is 9.99. The molecule has 7 nitrogen and oxygen atoms in total. The number of anilines is 1. The Labute approximate surface area is 198 Å². The summed E-state index contributed by atoms with van der Waals surface area (Å²) in [6.07, 6.45) is 2.23. The number of nitrogens with one attached hydrogen (secondary N) is 1. The summed E-state index contributed by atoms with van der Waals surface area (Å²) in [4.78, 5) is 40.0. The van der Waals surface area contributed by atoms with Gasteiger partial charge < -0.3 is 9.47 Å². The lowest BCUT2D eigenvalue weighted by Gasteiger charge is -2.28. The fourth-order valence-corrected chi connectivity index (χ4v) is 3.77. The number of benzene rings is 3. The van der Waals surface area contributed by atoms with Crippen molar-refractivity contribution in [1.29, 1.82) is 0 Å². The quantitative estimate of drug-likeness (QED) is 0.394. The van der Waals surface area contributed by atoms with Gasteiger partial charge in [-0.05, 0) is 55.3 Å². The molecule has 4 amide bonds. The first-order valence-corrected chi connectivity index (χ1v) is 11.3. The second-order valence-corrected chi connectivity index (χ2v) is 7.89. The van der Waals surface area contributed by atoms with Crippen molar-refractivity contribution in [3.63, 3.8) is 0 Å². The Kier molecular flexibility index (Phi) is 6.63. The van der Waals surface area contributed by atoms with E-state index in [0.717, 1.165) is 22.1 Å². The molecule has 1 atom stereocenters. The number of hydrogen-bond acceptors (Lipinski definition) is 5. The van der Waals surface area contributed by atoms with Crippen LogP contribution in [0.5, 0.6) is 11.5 Å². The van der Waals surface area contributed by atoms with Crippen LogP contribution in [0.1, 0.15) is 32.8 Å². The van der Waals surface area contributed by atoms with Crippen molar-refractivity contribution in [3.8, 4) is 11.5 Å². The molecular formula is C27H26N2O5. The minimum absolute atomic E-state index is 0.0645. The molecule has 4 rings (SSSR count). The first-order chi connectivity index (χ1) is 16.4. The number of hydrogen-bond donors (Lipinski definition) is 1. The van der Waals surface area contributed by atoms with Gasteiger partial charge in [0.05, 0.1) is 18.4 Å². The highest BCUT2D eigenvalue weighted by atomic mass is 16.5. The number of ether oxygens (including phenoxy) is 2. The Morgan fingerprint density at radius 1 is 0.941 bits per heavy atom. The number of nitrogens with zero attached hydrogens (tertiary/aromatic N) is 1. The molecular weight excluding hydrogens is 432 g/mol. The molecule has 7 heteroatoms. The lowest BCUT2D eigenvalue weighted by Crippen LogP contribution is -2.54. The maximum atomic E-state index is 13.5. The topological polar surface area (TPSA) is 84.9 Å². The van der Waals surface area contributed by atoms with Crippen LogP contribution in [0.3, 0.4) is 0 Å². The Balaban J connectivity index is 1.86. The largest absolute Gasteiger partial charge is 0.492 e. The predicted octanol–water partition coefficient (Wildman–Crippen LogP) is 5.08. The first kappa shape index (κ1) is 23.0. The van der Waals surface area contributed by atoms with Crippen LogP contribution in [0.4, 0.5) is 10.5 Å². The summed E-state index contributed by atoms with van der Waals surface area (Å²) >= 11 is 0. The minimum Gasteiger partial charge on any atom is -0.492 e. The fourth-order valence-electron chi connectivity index (χ4n) is 3.77. The molecule has 1 heterocycles. The zero-order valence-corrected chi connectivity index (χ0v) is 19.3. The van der Waals surface area contributed by atoms with Gasteiger partial charge in [-0.2, -0.15) is 0 Å². The summed E-state index contributed by atoms with van der Waals surface area (Å²) in [7, 11) is 0. The van der Waals surface area contributed by atoms with Gasteiger partial charge in [0.1, 0.15) is 17.1 Å². The molecule has 3 aromatic rings. The first-order valence-electron chi connectivity index (χ1n) is 11.3. The Morgan fingerprint density at radius 3 is 2.44 bits per heavy atom. The van der Waals surface area contributed by atoms with E-state index in [1.54, 1.807) is 24.3 Å². The van der Waals surface area contributed by atoms with Crippen molar-refractivity contribution in [1.82, 2.24) is 5.32 Å². The van der Waals surface area contributed by atoms with Crippen LogP contribution >= 0.6 is 0 Å². The molecule has 1 saturated heterocycles. The van der Waals surface area contributed by atoms with Crippen LogP contribution in [0.25, 0.3) is 16.8 Å². The fraction of sp³-hybridized carbons (Fsp3) is 0.222. The Bertz CT molecular complexity index is 1300. The molecule has 1 aliphatic rings. The summed E-state index contributed by atoms with van der Waals surface area (Å²) in [6.45, 7) is 6.13. The van der Waals surface area contributed by atoms with Crippen LogP contribution in [-0.4, -0.2) is 30.6 Å². The van der Waals surface area contributed by atoms with E-state index >= 15 is 0 Å². The number of barbiturate groups is 1. The highest BCUT2D eigenvalue weighted by Gasteiger charge is 2.38. The third kappa shape index (κ3) is 4.37. The van der Waals surface area contributed by atoms with Crippen LogP contribution in [-0.2, 0) is 9.59 Å². The highest BCUT2D eigenvalue weighted by Crippen LogP contribution is 2.34. The standard InChI is InChI=1S/C27H26N2O5/c1-4-17(3)34-23-15-14-18-10-6-7-11-19(18)20(23)16-21-25(30)28-27(32)29(26(21)31)22-12-8-9-13-24(22)33-5-2/h6-17H,4-5H2,1-3H3,(H,28,30,32)/b21-16+/t17-/m1/s1. The van der Waals surface area contributed by atoms with Crippen molar-refractivity contribution in [2.75, 3.05) is 11.5 Å². The van der Waals surface area contributed by atoms with E-state index in [1.807, 2.05) is 57.2 Å². The van der Waals surface area contributed by atoms with E-state index < -0.39 is 17.8 Å². The summed E-state index contributed by atoms with van der Waals surface area (Å²) in [6, 6.07) is 17.3. The van der Waals surface area contributed by atoms with Gasteiger partial charge in [0.15, 0.2) is 0 Å². The van der Waals surface area contributed by atoms with E-state index in [2.05, 4.69) is 5.32 Å². The highest BCUT2D eigenvalue weighted by molar-refractivity contribution is 6.39. The number of amides is 4. The van der Waals surface area contributed by atoms with Gasteiger partial charge in [0, 0.05) is 5.56 Å². The monoisotopic (exact) mass is 458 g/mol. The van der Waals surface area contributed by atoms with Gasteiger partial charge in [0.25, 0.3) is 11.8 Å². The van der Waals surface area contributed by atoms with Crippen LogP contribution in [0.2, 0.25) is 0 Å². The number of para-hydroxylation sites is 2. The number of fused-ring (bicyclic) bond motifs is 1. The van der Waals surface area contributed by atoms with Gasteiger partial charge in [-0.15, -0.1) is 0 Å². The van der Waals surface area contributed by atoms with E-state index in [9.17, 15) is 14.4 Å². The third-order valence-electron chi connectivity index (χ3n) is 5.63. The van der Waals surface area contributed by atoms with E-state index in [4.69, 9.17) is 9.47 Å². The van der Waals surface area contributed by atoms with Crippen molar-refractivity contribution < 1.29 is 23.9 Å². The third-order valence-corrected chi connectivity index (χ3v) is 5.63. The maximum absolute atomic E-state index is 13.5. The Hall–Kier alpha value is -4.13. The second kappa shape index (κ2) is 9.79. The summed E-state index contributed by atoms with van der Waals surface area (Å²) < 4.78 is 11.7. The molecule has 0 radical (unpaired) electrons. The van der Waals surface area contributed by atoms with Gasteiger partial charge in [-0.25, -0.2) is 9.69 Å². The molecule has 0 aliphatic carbocycles. The number of imide groups is 2. The molecule has 3 aromatic carbocycles. The summed E-state index contributed by atoms with van der Waals surface area (Å²) in [5.41, 5.74) is 0.694. The van der Waals surface area contributed by atoms with Crippen LogP contribution in [0.15, 0.2) is 66.2 Å². The molecule has 0 aromatic heterocycles. The molecule has 0 spiro atoms. The Morgan fingerprint density at radius 2 is 1.68 bits per heavy atom. The minimum atomic E-state index is -0.826. The average molecular weight is 459 g/mol. The number of carbonyl (C=O) groups excluding carboxylic acids is 3. The smallest absolute Gasteiger partial charge is 0.336 e. The average Bonchev–Trinajstić information content (AvgIpc) is 2.83. The zero-order chi connectivity index (χ0) is 24.2. The zero-order valence-electron chi connectivity index (χ0n) is 19.3. The van der Waals surface area contributed by atoms with Crippen molar-refractivity contribution >= 4 is 40.4 Å². The van der Waals surface area contributed by atoms with Crippen molar-refractivity contribution in [2.24, 2.45) is 0 Å². The van der Waals surface area contributed by atoms with Crippen LogP contribution in [0, 0.1) is 0 Å². The molecule has 0 unspecified atom stereocenters. The number of urea groups is 1. The number of rotatable bonds is 7. The molecule has 34 heavy (non-hydrogen) atoms. The summed E-state index contributed by atoms with van der Waals surface area (Å²) in [5.74, 6) is -0.571. The molecule has 0 bridgehead atoms. The maximum Gasteiger partial charge on any atom is 0.336 e. The normalized spacial score (nSPS) is 16.0. The lowest BCUT2D eigenvalue weighted by molar-refractivity contribution is -0.122. The van der Waals surface area contributed by atoms with Crippen molar-refractivity contribution in [2.45, 2.75) is 33.3 Å². The molecule has 0 saturated carbocycles. The van der Waals surface area contributed by atoms with Crippen LogP contribution < -0.4 is 19.7 Å². The van der Waals surface area contributed by atoms with Gasteiger partial charge >= 0.3 is 6.03 Å². The van der Waals surface area contributed by atoms with E-state index in [0.29, 0.717) is 23.7 Å². The van der Waals surface area contributed by atoms with Gasteiger partial charge in [0.2, 0.25) is 0 Å². The second-order valence-electron chi connectivity index (χ2n) is 7.89. The van der Waals surface area contributed by atoms with Crippen molar-refractivity contribution in [3.05, 3.63) is 71.8 Å². The molecule has 1 aliphatic heterocycles. The molecule has 1 fully saturated rings. The molecule has 174 valence electrons.